The van der Waals surface area contributed by atoms with Gasteiger partial charge in [0, 0.05) is 38.3 Å². The van der Waals surface area contributed by atoms with Crippen LogP contribution in [0.2, 0.25) is 0 Å². The zero-order valence-corrected chi connectivity index (χ0v) is 15.1. The van der Waals surface area contributed by atoms with Crippen molar-refractivity contribution in [3.63, 3.8) is 0 Å². The Kier molecular flexibility index (Phi) is 4.27. The topological polar surface area (TPSA) is 125 Å². The number of amides is 1. The lowest BCUT2D eigenvalue weighted by atomic mass is 9.97. The fraction of sp³-hybridized carbons (Fsp3) is 0.600. The number of rotatable bonds is 4. The van der Waals surface area contributed by atoms with Crippen molar-refractivity contribution in [2.75, 3.05) is 32.4 Å². The summed E-state index contributed by atoms with van der Waals surface area (Å²) in [7, 11) is -3.14. The summed E-state index contributed by atoms with van der Waals surface area (Å²) in [5, 5.41) is 10.5. The molecular formula is C15H20N6O4S. The molecule has 0 saturated carbocycles. The van der Waals surface area contributed by atoms with Gasteiger partial charge in [0.1, 0.15) is 5.69 Å². The summed E-state index contributed by atoms with van der Waals surface area (Å²) >= 11 is 0. The molecule has 4 heterocycles. The van der Waals surface area contributed by atoms with Gasteiger partial charge in [-0.05, 0) is 18.9 Å². The van der Waals surface area contributed by atoms with E-state index in [0.29, 0.717) is 56.4 Å². The van der Waals surface area contributed by atoms with Gasteiger partial charge < -0.3 is 9.42 Å². The minimum Gasteiger partial charge on any atom is -0.339 e. The Morgan fingerprint density at radius 2 is 2.00 bits per heavy atom. The molecule has 0 atom stereocenters. The molecule has 140 valence electrons. The number of H-pyrrole nitrogens is 1. The molecule has 0 bridgehead atoms. The van der Waals surface area contributed by atoms with Gasteiger partial charge in [-0.1, -0.05) is 5.16 Å². The highest BCUT2D eigenvalue weighted by atomic mass is 32.2. The Bertz CT molecular complexity index is 879. The number of hydrogen-bond acceptors (Lipinski definition) is 7. The van der Waals surface area contributed by atoms with Crippen LogP contribution in [0.5, 0.6) is 0 Å². The van der Waals surface area contributed by atoms with E-state index in [9.17, 15) is 13.2 Å². The Balaban J connectivity index is 1.33. The van der Waals surface area contributed by atoms with Crippen LogP contribution in [0.1, 0.15) is 46.9 Å². The highest BCUT2D eigenvalue weighted by molar-refractivity contribution is 7.88. The molecular weight excluding hydrogens is 360 g/mol. The van der Waals surface area contributed by atoms with E-state index in [4.69, 9.17) is 4.52 Å². The second-order valence-electron chi connectivity index (χ2n) is 6.80. The predicted molar refractivity (Wildman–Crippen MR) is 89.9 cm³/mol. The molecule has 1 N–H and O–H groups in total. The van der Waals surface area contributed by atoms with Crippen LogP contribution in [0.4, 0.5) is 0 Å². The molecule has 2 aromatic heterocycles. The van der Waals surface area contributed by atoms with E-state index >= 15 is 0 Å². The molecule has 4 rings (SSSR count). The lowest BCUT2D eigenvalue weighted by Crippen LogP contribution is -2.48. The van der Waals surface area contributed by atoms with Crippen LogP contribution in [-0.2, 0) is 10.0 Å². The molecule has 2 aromatic rings. The van der Waals surface area contributed by atoms with Crippen molar-refractivity contribution >= 4 is 15.9 Å². The summed E-state index contributed by atoms with van der Waals surface area (Å²) in [5.74, 6) is 1.23. The van der Waals surface area contributed by atoms with E-state index in [1.54, 1.807) is 17.2 Å². The highest BCUT2D eigenvalue weighted by Crippen LogP contribution is 2.31. The zero-order valence-electron chi connectivity index (χ0n) is 14.3. The highest BCUT2D eigenvalue weighted by Gasteiger charge is 2.37. The first-order valence-corrected chi connectivity index (χ1v) is 10.3. The Morgan fingerprint density at radius 1 is 1.27 bits per heavy atom. The van der Waals surface area contributed by atoms with E-state index in [1.165, 1.54) is 10.6 Å². The van der Waals surface area contributed by atoms with Crippen molar-refractivity contribution < 1.29 is 17.7 Å². The lowest BCUT2D eigenvalue weighted by Gasteiger charge is -2.36. The second-order valence-corrected chi connectivity index (χ2v) is 8.79. The lowest BCUT2D eigenvalue weighted by molar-refractivity contribution is 0.0563. The van der Waals surface area contributed by atoms with Gasteiger partial charge in [-0.2, -0.15) is 10.1 Å². The first kappa shape index (κ1) is 17.2. The maximum absolute atomic E-state index is 12.2. The average molecular weight is 380 g/mol. The first-order chi connectivity index (χ1) is 12.4. The Morgan fingerprint density at radius 3 is 2.62 bits per heavy atom. The van der Waals surface area contributed by atoms with Crippen LogP contribution < -0.4 is 0 Å². The number of nitrogens with one attached hydrogen (secondary N) is 1. The van der Waals surface area contributed by atoms with E-state index in [0.717, 1.165) is 0 Å². The third kappa shape index (κ3) is 3.23. The molecule has 0 spiro atoms. The number of sulfonamides is 1. The van der Waals surface area contributed by atoms with Gasteiger partial charge in [0.25, 0.3) is 5.91 Å². The molecule has 0 radical (unpaired) electrons. The summed E-state index contributed by atoms with van der Waals surface area (Å²) in [6, 6.07) is 1.64. The molecule has 2 fully saturated rings. The molecule has 11 heteroatoms. The zero-order chi connectivity index (χ0) is 18.3. The van der Waals surface area contributed by atoms with E-state index in [1.807, 2.05) is 0 Å². The Labute approximate surface area is 150 Å². The van der Waals surface area contributed by atoms with Gasteiger partial charge in [-0.25, -0.2) is 12.7 Å². The van der Waals surface area contributed by atoms with Gasteiger partial charge in [-0.3, -0.25) is 9.89 Å². The average Bonchev–Trinajstić information content (AvgIpc) is 3.25. The summed E-state index contributed by atoms with van der Waals surface area (Å²) in [6.07, 6.45) is 4.14. The number of likely N-dealkylation sites (tertiary alicyclic amines) is 1. The van der Waals surface area contributed by atoms with Crippen molar-refractivity contribution in [2.24, 2.45) is 0 Å². The largest absolute Gasteiger partial charge is 0.339 e. The van der Waals surface area contributed by atoms with E-state index in [-0.39, 0.29) is 17.7 Å². The molecule has 0 unspecified atom stereocenters. The monoisotopic (exact) mass is 380 g/mol. The third-order valence-corrected chi connectivity index (χ3v) is 6.30. The van der Waals surface area contributed by atoms with Gasteiger partial charge in [-0.15, -0.1) is 0 Å². The predicted octanol–water partition coefficient (Wildman–Crippen LogP) is 0.171. The minimum atomic E-state index is -3.14. The maximum atomic E-state index is 12.2. The van der Waals surface area contributed by atoms with E-state index < -0.39 is 10.0 Å². The van der Waals surface area contributed by atoms with Crippen molar-refractivity contribution in [3.05, 3.63) is 29.7 Å². The van der Waals surface area contributed by atoms with Gasteiger partial charge in [0.15, 0.2) is 5.82 Å². The molecule has 10 nitrogen and oxygen atoms in total. The van der Waals surface area contributed by atoms with Gasteiger partial charge in [0.2, 0.25) is 15.9 Å². The number of piperidine rings is 1. The molecule has 0 aliphatic carbocycles. The van der Waals surface area contributed by atoms with Crippen molar-refractivity contribution in [1.82, 2.24) is 29.5 Å². The SMILES string of the molecule is CS(=O)(=O)N1CCC(c2noc(C3CN(C(=O)c4ccn[nH]4)C3)n2)CC1. The van der Waals surface area contributed by atoms with Crippen molar-refractivity contribution in [2.45, 2.75) is 24.7 Å². The fourth-order valence-corrected chi connectivity index (χ4v) is 4.24. The van der Waals surface area contributed by atoms with Crippen molar-refractivity contribution in [1.29, 1.82) is 0 Å². The maximum Gasteiger partial charge on any atom is 0.271 e. The summed E-state index contributed by atoms with van der Waals surface area (Å²) in [4.78, 5) is 18.4. The van der Waals surface area contributed by atoms with Crippen LogP contribution in [0, 0.1) is 0 Å². The standard InChI is InChI=1S/C15H20N6O4S/c1-26(23,24)21-6-3-10(4-7-21)13-17-14(25-19-13)11-8-20(9-11)15(22)12-2-5-16-18-12/h2,5,10-11H,3-4,6-9H2,1H3,(H,16,18). The van der Waals surface area contributed by atoms with Gasteiger partial charge >= 0.3 is 0 Å². The van der Waals surface area contributed by atoms with E-state index in [2.05, 4.69) is 20.3 Å². The third-order valence-electron chi connectivity index (χ3n) is 4.99. The molecule has 0 aromatic carbocycles. The van der Waals surface area contributed by atoms with Crippen molar-refractivity contribution in [3.8, 4) is 0 Å². The molecule has 26 heavy (non-hydrogen) atoms. The van der Waals surface area contributed by atoms with Crippen LogP contribution >= 0.6 is 0 Å². The normalized spacial score (nSPS) is 20.3. The van der Waals surface area contributed by atoms with Crippen LogP contribution in [0.15, 0.2) is 16.8 Å². The fourth-order valence-electron chi connectivity index (χ4n) is 3.37. The van der Waals surface area contributed by atoms with Gasteiger partial charge in [0.05, 0.1) is 12.2 Å². The number of carbonyl (C=O) groups is 1. The van der Waals surface area contributed by atoms with Crippen LogP contribution in [0.3, 0.4) is 0 Å². The molecule has 2 aliphatic heterocycles. The quantitative estimate of drug-likeness (QED) is 0.801. The number of hydrogen-bond donors (Lipinski definition) is 1. The summed E-state index contributed by atoms with van der Waals surface area (Å²) in [6.45, 7) is 2.02. The van der Waals surface area contributed by atoms with Crippen LogP contribution in [0.25, 0.3) is 0 Å². The second kappa shape index (κ2) is 6.47. The molecule has 2 saturated heterocycles. The molecule has 1 amide bonds. The number of carbonyl (C=O) groups excluding carboxylic acids is 1. The minimum absolute atomic E-state index is 0.0410. The Hall–Kier alpha value is -2.27. The first-order valence-electron chi connectivity index (χ1n) is 8.49. The number of aromatic nitrogens is 4. The summed E-state index contributed by atoms with van der Waals surface area (Å²) in [5.41, 5.74) is 0.465. The number of aromatic amines is 1. The summed E-state index contributed by atoms with van der Waals surface area (Å²) < 4.78 is 30.0. The smallest absolute Gasteiger partial charge is 0.271 e. The van der Waals surface area contributed by atoms with Crippen LogP contribution in [-0.4, -0.2) is 76.3 Å². The molecule has 2 aliphatic rings. The number of nitrogens with zero attached hydrogens (tertiary/aromatic N) is 5.